The van der Waals surface area contributed by atoms with Crippen LogP contribution in [0.3, 0.4) is 0 Å². The van der Waals surface area contributed by atoms with E-state index in [9.17, 15) is 4.79 Å². The van der Waals surface area contributed by atoms with Gasteiger partial charge in [-0.15, -0.1) is 0 Å². The van der Waals surface area contributed by atoms with Gasteiger partial charge in [-0.05, 0) is 74.0 Å². The molecule has 3 saturated carbocycles. The third kappa shape index (κ3) is 2.45. The number of benzene rings is 1. The Kier molecular flexibility index (Phi) is 4.14. The lowest BCUT2D eigenvalue weighted by molar-refractivity contribution is -0.590. The molecule has 6 unspecified atom stereocenters. The van der Waals surface area contributed by atoms with Gasteiger partial charge in [0.1, 0.15) is 11.4 Å². The normalized spacial score (nSPS) is 42.9. The Hall–Kier alpha value is -1.39. The number of fused-ring (bicyclic) bond motifs is 2. The first kappa shape index (κ1) is 17.7. The van der Waals surface area contributed by atoms with Crippen LogP contribution in [-0.2, 0) is 20.2 Å². The van der Waals surface area contributed by atoms with Crippen LogP contribution in [0, 0.1) is 23.7 Å². The zero-order valence-corrected chi connectivity index (χ0v) is 16.4. The van der Waals surface area contributed by atoms with Gasteiger partial charge in [-0.1, -0.05) is 37.8 Å². The van der Waals surface area contributed by atoms with Crippen molar-refractivity contribution in [2.75, 3.05) is 0 Å². The summed E-state index contributed by atoms with van der Waals surface area (Å²) in [5.41, 5.74) is 0.374. The lowest BCUT2D eigenvalue weighted by atomic mass is 9.46. The van der Waals surface area contributed by atoms with Crippen molar-refractivity contribution in [2.24, 2.45) is 23.7 Å². The Balaban J connectivity index is 1.53. The first-order chi connectivity index (χ1) is 13.0. The van der Waals surface area contributed by atoms with Crippen LogP contribution in [0.4, 0.5) is 0 Å². The Morgan fingerprint density at radius 1 is 1.11 bits per heavy atom. The Labute approximate surface area is 161 Å². The Bertz CT molecular complexity index is 746. The Morgan fingerprint density at radius 2 is 1.96 bits per heavy atom. The first-order valence-electron chi connectivity index (χ1n) is 10.7. The van der Waals surface area contributed by atoms with E-state index in [1.807, 2.05) is 18.2 Å². The molecule has 0 amide bonds. The minimum absolute atomic E-state index is 0.224. The van der Waals surface area contributed by atoms with Crippen LogP contribution in [0.5, 0.6) is 5.75 Å². The number of ether oxygens (including phenoxy) is 1. The highest BCUT2D eigenvalue weighted by atomic mass is 17.3. The molecule has 27 heavy (non-hydrogen) atoms. The summed E-state index contributed by atoms with van der Waals surface area (Å²) >= 11 is 0. The first-order valence-corrected chi connectivity index (χ1v) is 10.7. The van der Waals surface area contributed by atoms with Crippen molar-refractivity contribution in [2.45, 2.75) is 76.4 Å². The zero-order chi connectivity index (χ0) is 18.6. The molecule has 3 aliphatic carbocycles. The monoisotopic (exact) mass is 370 g/mol. The molecule has 4 aliphatic rings. The maximum absolute atomic E-state index is 11.4. The quantitative estimate of drug-likeness (QED) is 0.410. The number of rotatable bonds is 2. The third-order valence-electron chi connectivity index (χ3n) is 8.04. The predicted octanol–water partition coefficient (Wildman–Crippen LogP) is 5.15. The van der Waals surface area contributed by atoms with Crippen molar-refractivity contribution < 1.29 is 19.3 Å². The van der Waals surface area contributed by atoms with Gasteiger partial charge in [-0.2, -0.15) is 0 Å². The average molecular weight is 370 g/mol. The maximum atomic E-state index is 11.4. The summed E-state index contributed by atoms with van der Waals surface area (Å²) in [6.45, 7) is 3.63. The molecule has 4 heteroatoms. The molecule has 1 spiro atoms. The van der Waals surface area contributed by atoms with E-state index in [0.717, 1.165) is 17.4 Å². The standard InChI is InChI=1S/C23H30O4/c1-15(24)25-19-10-5-8-17(14-19)22(2)23(27-26-22)18-9-6-12-21(23)20-11-4-3-7-16(20)13-18/h5,8,10,14,16,18,20-21H,3-4,6-7,9,11-13H2,1-2H3. The van der Waals surface area contributed by atoms with Crippen LogP contribution in [-0.4, -0.2) is 11.6 Å². The van der Waals surface area contributed by atoms with E-state index < -0.39 is 5.60 Å². The highest BCUT2D eigenvalue weighted by Gasteiger charge is 2.73. The summed E-state index contributed by atoms with van der Waals surface area (Å²) in [4.78, 5) is 23.5. The van der Waals surface area contributed by atoms with E-state index in [4.69, 9.17) is 14.5 Å². The molecule has 1 saturated heterocycles. The van der Waals surface area contributed by atoms with E-state index in [1.54, 1.807) is 0 Å². The SMILES string of the molecule is CC(=O)Oc1cccc(C2(C)OOC23C2CCCC3C3CCCCC3C2)c1. The molecular formula is C23H30O4. The fraction of sp³-hybridized carbons (Fsp3) is 0.696. The fourth-order valence-corrected chi connectivity index (χ4v) is 7.00. The molecule has 4 nitrogen and oxygen atoms in total. The second kappa shape index (κ2) is 6.31. The van der Waals surface area contributed by atoms with Gasteiger partial charge in [-0.25, -0.2) is 9.78 Å². The largest absolute Gasteiger partial charge is 0.427 e. The number of esters is 1. The summed E-state index contributed by atoms with van der Waals surface area (Å²) in [7, 11) is 0. The van der Waals surface area contributed by atoms with Crippen molar-refractivity contribution in [3.63, 3.8) is 0 Å². The molecule has 2 bridgehead atoms. The van der Waals surface area contributed by atoms with E-state index in [-0.39, 0.29) is 11.6 Å². The zero-order valence-electron chi connectivity index (χ0n) is 16.4. The molecule has 1 aromatic carbocycles. The summed E-state index contributed by atoms with van der Waals surface area (Å²) in [6, 6.07) is 7.85. The minimum atomic E-state index is -0.471. The number of hydrogen-bond donors (Lipinski definition) is 0. The molecule has 0 N–H and O–H groups in total. The molecule has 1 heterocycles. The van der Waals surface area contributed by atoms with Gasteiger partial charge in [0.15, 0.2) is 5.60 Å². The summed E-state index contributed by atoms with van der Waals surface area (Å²) in [6.07, 6.45) is 10.6. The van der Waals surface area contributed by atoms with E-state index in [1.165, 1.54) is 58.3 Å². The summed E-state index contributed by atoms with van der Waals surface area (Å²) < 4.78 is 5.34. The molecular weight excluding hydrogens is 340 g/mol. The molecule has 1 aromatic rings. The number of carbonyl (C=O) groups is 1. The van der Waals surface area contributed by atoms with Crippen molar-refractivity contribution in [3.05, 3.63) is 29.8 Å². The second-order valence-electron chi connectivity index (χ2n) is 9.29. The second-order valence-corrected chi connectivity index (χ2v) is 9.29. The van der Waals surface area contributed by atoms with Gasteiger partial charge in [0.05, 0.1) is 0 Å². The number of hydrogen-bond acceptors (Lipinski definition) is 4. The molecule has 4 fully saturated rings. The summed E-state index contributed by atoms with van der Waals surface area (Å²) in [5, 5.41) is 0. The third-order valence-corrected chi connectivity index (χ3v) is 8.04. The van der Waals surface area contributed by atoms with Gasteiger partial charge in [0.2, 0.25) is 0 Å². The molecule has 6 atom stereocenters. The number of carbonyl (C=O) groups excluding carboxylic acids is 1. The van der Waals surface area contributed by atoms with Crippen LogP contribution in [0.2, 0.25) is 0 Å². The van der Waals surface area contributed by atoms with Gasteiger partial charge in [0, 0.05) is 6.92 Å². The highest BCUT2D eigenvalue weighted by molar-refractivity contribution is 5.69. The lowest BCUT2D eigenvalue weighted by Gasteiger charge is -2.68. The van der Waals surface area contributed by atoms with Crippen LogP contribution < -0.4 is 4.74 Å². The minimum Gasteiger partial charge on any atom is -0.427 e. The maximum Gasteiger partial charge on any atom is 0.308 e. The van der Waals surface area contributed by atoms with E-state index in [2.05, 4.69) is 13.0 Å². The van der Waals surface area contributed by atoms with Gasteiger partial charge in [-0.3, -0.25) is 4.79 Å². The predicted molar refractivity (Wildman–Crippen MR) is 101 cm³/mol. The van der Waals surface area contributed by atoms with Gasteiger partial charge < -0.3 is 4.74 Å². The molecule has 146 valence electrons. The van der Waals surface area contributed by atoms with Gasteiger partial charge >= 0.3 is 5.97 Å². The van der Waals surface area contributed by atoms with Gasteiger partial charge in [0.25, 0.3) is 0 Å². The van der Waals surface area contributed by atoms with Crippen LogP contribution in [0.15, 0.2) is 24.3 Å². The Morgan fingerprint density at radius 3 is 2.74 bits per heavy atom. The lowest BCUT2D eigenvalue weighted by Crippen LogP contribution is -2.74. The van der Waals surface area contributed by atoms with Crippen LogP contribution in [0.1, 0.15) is 70.8 Å². The molecule has 0 radical (unpaired) electrons. The van der Waals surface area contributed by atoms with Crippen molar-refractivity contribution in [3.8, 4) is 5.75 Å². The van der Waals surface area contributed by atoms with Crippen molar-refractivity contribution >= 4 is 5.97 Å². The van der Waals surface area contributed by atoms with Crippen molar-refractivity contribution in [1.29, 1.82) is 0 Å². The molecule has 1 aliphatic heterocycles. The highest BCUT2D eigenvalue weighted by Crippen LogP contribution is 2.67. The average Bonchev–Trinajstić information content (AvgIpc) is 2.65. The van der Waals surface area contributed by atoms with E-state index in [0.29, 0.717) is 17.6 Å². The van der Waals surface area contributed by atoms with Crippen LogP contribution >= 0.6 is 0 Å². The fourth-order valence-electron chi connectivity index (χ4n) is 7.00. The smallest absolute Gasteiger partial charge is 0.308 e. The molecule has 5 rings (SSSR count). The van der Waals surface area contributed by atoms with Crippen LogP contribution in [0.25, 0.3) is 0 Å². The topological polar surface area (TPSA) is 44.8 Å². The molecule has 0 aromatic heterocycles. The van der Waals surface area contributed by atoms with E-state index >= 15 is 0 Å². The van der Waals surface area contributed by atoms with Crippen molar-refractivity contribution in [1.82, 2.24) is 0 Å². The summed E-state index contributed by atoms with van der Waals surface area (Å²) in [5.74, 6) is 3.08.